The fraction of sp³-hybridized carbons (Fsp3) is 0.636. The van der Waals surface area contributed by atoms with Crippen molar-refractivity contribution in [2.45, 2.75) is 50.5 Å². The Balaban J connectivity index is 1.19. The Morgan fingerprint density at radius 2 is 1.83 bits per heavy atom. The Labute approximate surface area is 169 Å². The van der Waals surface area contributed by atoms with E-state index in [-0.39, 0.29) is 12.6 Å². The van der Waals surface area contributed by atoms with Crippen molar-refractivity contribution in [3.8, 4) is 11.5 Å². The third kappa shape index (κ3) is 3.56. The Hall–Kier alpha value is -2.28. The van der Waals surface area contributed by atoms with Gasteiger partial charge in [-0.1, -0.05) is 0 Å². The third-order valence-electron chi connectivity index (χ3n) is 6.83. The zero-order valence-corrected chi connectivity index (χ0v) is 16.4. The normalized spacial score (nSPS) is 34.4. The predicted molar refractivity (Wildman–Crippen MR) is 104 cm³/mol. The molecule has 7 nitrogen and oxygen atoms in total. The molecular weight excluding hydrogens is 374 g/mol. The summed E-state index contributed by atoms with van der Waals surface area (Å²) in [7, 11) is 0. The molecule has 6 rings (SSSR count). The van der Waals surface area contributed by atoms with Gasteiger partial charge in [0, 0.05) is 18.2 Å². The first-order valence-electron chi connectivity index (χ1n) is 10.5. The maximum Gasteiger partial charge on any atom is 0.312 e. The average Bonchev–Trinajstić information content (AvgIpc) is 2.89. The molecule has 0 saturated heterocycles. The van der Waals surface area contributed by atoms with Crippen molar-refractivity contribution in [2.24, 2.45) is 17.3 Å². The van der Waals surface area contributed by atoms with Gasteiger partial charge in [0.25, 0.3) is 5.91 Å². The summed E-state index contributed by atoms with van der Waals surface area (Å²) in [5.74, 6) is 1.31. The molecule has 156 valence electrons. The van der Waals surface area contributed by atoms with Gasteiger partial charge in [0.15, 0.2) is 18.1 Å². The van der Waals surface area contributed by atoms with Crippen LogP contribution in [0.1, 0.15) is 44.9 Å². The molecule has 2 N–H and O–H groups in total. The van der Waals surface area contributed by atoms with Crippen LogP contribution in [-0.2, 0) is 14.3 Å². The molecule has 1 aromatic carbocycles. The van der Waals surface area contributed by atoms with E-state index in [1.807, 2.05) is 0 Å². The van der Waals surface area contributed by atoms with Gasteiger partial charge in [0.2, 0.25) is 0 Å². The van der Waals surface area contributed by atoms with Crippen LogP contribution in [0.3, 0.4) is 0 Å². The summed E-state index contributed by atoms with van der Waals surface area (Å²) in [4.78, 5) is 25.2. The van der Waals surface area contributed by atoms with Crippen LogP contribution in [0, 0.1) is 17.3 Å². The quantitative estimate of drug-likeness (QED) is 0.754. The largest absolute Gasteiger partial charge is 0.490 e. The van der Waals surface area contributed by atoms with Crippen LogP contribution in [0.2, 0.25) is 0 Å². The van der Waals surface area contributed by atoms with E-state index < -0.39 is 16.9 Å². The molecule has 7 heteroatoms. The second-order valence-corrected chi connectivity index (χ2v) is 9.30. The van der Waals surface area contributed by atoms with E-state index in [2.05, 4.69) is 5.32 Å². The maximum absolute atomic E-state index is 12.9. The Bertz CT molecular complexity index is 823. The number of hydrogen-bond acceptors (Lipinski definition) is 6. The lowest BCUT2D eigenvalue weighted by atomic mass is 9.48. The molecule has 0 aromatic heterocycles. The highest BCUT2D eigenvalue weighted by Gasteiger charge is 2.60. The number of hydrogen-bond donors (Lipinski definition) is 2. The predicted octanol–water partition coefficient (Wildman–Crippen LogP) is 2.66. The zero-order chi connectivity index (χ0) is 20.1. The van der Waals surface area contributed by atoms with E-state index in [1.165, 1.54) is 0 Å². The molecule has 4 atom stereocenters. The highest BCUT2D eigenvalue weighted by molar-refractivity contribution is 5.93. The van der Waals surface area contributed by atoms with E-state index in [9.17, 15) is 14.7 Å². The van der Waals surface area contributed by atoms with Gasteiger partial charge in [-0.3, -0.25) is 9.59 Å². The number of nitrogens with one attached hydrogen (secondary N) is 1. The fourth-order valence-corrected chi connectivity index (χ4v) is 6.18. The number of rotatable bonds is 4. The smallest absolute Gasteiger partial charge is 0.312 e. The molecule has 4 bridgehead atoms. The van der Waals surface area contributed by atoms with Gasteiger partial charge in [-0.15, -0.1) is 0 Å². The van der Waals surface area contributed by atoms with Crippen molar-refractivity contribution >= 4 is 17.6 Å². The second kappa shape index (κ2) is 6.90. The highest BCUT2D eigenvalue weighted by Crippen LogP contribution is 2.61. The monoisotopic (exact) mass is 401 g/mol. The summed E-state index contributed by atoms with van der Waals surface area (Å²) in [5, 5.41) is 13.5. The Morgan fingerprint density at radius 3 is 2.55 bits per heavy atom. The van der Waals surface area contributed by atoms with Gasteiger partial charge in [-0.25, -0.2) is 0 Å². The van der Waals surface area contributed by atoms with Gasteiger partial charge < -0.3 is 24.6 Å². The molecule has 1 aromatic rings. The van der Waals surface area contributed by atoms with E-state index in [4.69, 9.17) is 14.2 Å². The van der Waals surface area contributed by atoms with Crippen LogP contribution in [0.5, 0.6) is 11.5 Å². The number of carbonyl (C=O) groups excluding carboxylic acids is 2. The summed E-state index contributed by atoms with van der Waals surface area (Å²) in [6.45, 7) is 0.842. The van der Waals surface area contributed by atoms with Gasteiger partial charge in [0.1, 0.15) is 0 Å². The summed E-state index contributed by atoms with van der Waals surface area (Å²) in [5.41, 5.74) is -0.775. The number of fused-ring (bicyclic) bond motifs is 1. The summed E-state index contributed by atoms with van der Waals surface area (Å²) in [6.07, 6.45) is 5.51. The lowest BCUT2D eigenvalue weighted by Crippen LogP contribution is -2.58. The molecule has 1 aliphatic heterocycles. The Kier molecular flexibility index (Phi) is 4.46. The van der Waals surface area contributed by atoms with E-state index in [0.29, 0.717) is 48.7 Å². The van der Waals surface area contributed by atoms with Crippen LogP contribution in [0.15, 0.2) is 18.2 Å². The molecule has 4 aliphatic carbocycles. The fourth-order valence-electron chi connectivity index (χ4n) is 6.18. The molecule has 1 heterocycles. The minimum absolute atomic E-state index is 0.331. The number of esters is 1. The van der Waals surface area contributed by atoms with Crippen LogP contribution >= 0.6 is 0 Å². The van der Waals surface area contributed by atoms with Crippen molar-refractivity contribution < 1.29 is 28.9 Å². The molecule has 0 radical (unpaired) electrons. The number of carbonyl (C=O) groups is 2. The first kappa shape index (κ1) is 18.7. The molecular formula is C22H27NO6. The van der Waals surface area contributed by atoms with Gasteiger partial charge in [-0.05, 0) is 62.5 Å². The first-order valence-corrected chi connectivity index (χ1v) is 10.5. The topological polar surface area (TPSA) is 94.1 Å². The summed E-state index contributed by atoms with van der Waals surface area (Å²) < 4.78 is 16.6. The van der Waals surface area contributed by atoms with Crippen LogP contribution in [0.4, 0.5) is 5.69 Å². The molecule has 5 aliphatic rings. The number of amides is 1. The minimum atomic E-state index is -0.727. The van der Waals surface area contributed by atoms with Gasteiger partial charge in [0.05, 0.1) is 24.2 Å². The van der Waals surface area contributed by atoms with Crippen molar-refractivity contribution in [1.82, 2.24) is 0 Å². The number of anilines is 1. The molecule has 0 spiro atoms. The van der Waals surface area contributed by atoms with Crippen LogP contribution < -0.4 is 14.8 Å². The van der Waals surface area contributed by atoms with Crippen LogP contribution in [-0.4, -0.2) is 42.4 Å². The number of benzene rings is 1. The van der Waals surface area contributed by atoms with Crippen molar-refractivity contribution in [3.05, 3.63) is 18.2 Å². The van der Waals surface area contributed by atoms with Crippen molar-refractivity contribution in [2.75, 3.05) is 25.1 Å². The Morgan fingerprint density at radius 1 is 1.10 bits per heavy atom. The van der Waals surface area contributed by atoms with Crippen molar-refractivity contribution in [1.29, 1.82) is 0 Å². The number of ether oxygens (including phenoxy) is 3. The summed E-state index contributed by atoms with van der Waals surface area (Å²) >= 11 is 0. The van der Waals surface area contributed by atoms with Crippen molar-refractivity contribution in [3.63, 3.8) is 0 Å². The third-order valence-corrected chi connectivity index (χ3v) is 6.83. The lowest BCUT2D eigenvalue weighted by molar-refractivity contribution is -0.196. The second-order valence-electron chi connectivity index (χ2n) is 9.30. The first-order chi connectivity index (χ1) is 13.9. The lowest BCUT2D eigenvalue weighted by Gasteiger charge is -2.58. The highest BCUT2D eigenvalue weighted by atomic mass is 16.5. The molecule has 1 amide bonds. The molecule has 4 saturated carbocycles. The van der Waals surface area contributed by atoms with Gasteiger partial charge in [-0.2, -0.15) is 0 Å². The van der Waals surface area contributed by atoms with Crippen LogP contribution in [0.25, 0.3) is 0 Å². The van der Waals surface area contributed by atoms with E-state index in [1.54, 1.807) is 18.2 Å². The molecule has 29 heavy (non-hydrogen) atoms. The maximum atomic E-state index is 12.9. The number of aliphatic hydroxyl groups is 1. The molecule has 4 fully saturated rings. The average molecular weight is 401 g/mol. The minimum Gasteiger partial charge on any atom is -0.490 e. The van der Waals surface area contributed by atoms with E-state index in [0.717, 1.165) is 38.5 Å². The summed E-state index contributed by atoms with van der Waals surface area (Å²) in [6, 6.07) is 5.22. The SMILES string of the molecule is O=C(COC(=O)C12C[C@@H]3C[C@@H](CC(O)(C3)C1)C2)Nc1ccc2c(c1)OCCCO2. The molecule has 2 unspecified atom stereocenters. The van der Waals surface area contributed by atoms with E-state index >= 15 is 0 Å². The van der Waals surface area contributed by atoms with Gasteiger partial charge >= 0.3 is 5.97 Å². The zero-order valence-electron chi connectivity index (χ0n) is 16.4. The standard InChI is InChI=1S/C22H27NO6/c24-19(23-16-2-3-17-18(7-16)28-5-1-4-27-17)12-29-20(25)21-8-14-6-15(9-21)11-22(26,10-14)13-21/h2-3,7,14-15,26H,1,4-6,8-13H2,(H,23,24)/t14-,15+,21?,22?.